The number of anilines is 1. The fourth-order valence-electron chi connectivity index (χ4n) is 3.84. The van der Waals surface area contributed by atoms with Crippen LogP contribution in [0.15, 0.2) is 66.7 Å². The topological polar surface area (TPSA) is 116 Å². The lowest BCUT2D eigenvalue weighted by Gasteiger charge is -2.39. The number of fused-ring (bicyclic) bond motifs is 1. The van der Waals surface area contributed by atoms with Crippen molar-refractivity contribution in [2.75, 3.05) is 18.4 Å². The minimum absolute atomic E-state index is 0.0436. The first-order valence-corrected chi connectivity index (χ1v) is 10.4. The third-order valence-electron chi connectivity index (χ3n) is 5.44. The largest absolute Gasteiger partial charge is 0.488 e. The number of ether oxygens (including phenoxy) is 1. The summed E-state index contributed by atoms with van der Waals surface area (Å²) in [6.45, 7) is 2.52. The summed E-state index contributed by atoms with van der Waals surface area (Å²) in [4.78, 5) is 17.4. The molecule has 0 saturated carbocycles. The van der Waals surface area contributed by atoms with Crippen LogP contribution in [0, 0.1) is 11.3 Å². The molecule has 1 aliphatic heterocycles. The summed E-state index contributed by atoms with van der Waals surface area (Å²) in [5.41, 5.74) is 4.16. The van der Waals surface area contributed by atoms with E-state index in [1.807, 2.05) is 36.4 Å². The maximum Gasteiger partial charge on any atom is 0.411 e. The van der Waals surface area contributed by atoms with Crippen molar-refractivity contribution in [3.05, 3.63) is 77.9 Å². The van der Waals surface area contributed by atoms with E-state index in [0.717, 1.165) is 36.6 Å². The van der Waals surface area contributed by atoms with Crippen LogP contribution in [0.2, 0.25) is 0 Å². The highest BCUT2D eigenvalue weighted by Gasteiger charge is 2.28. The van der Waals surface area contributed by atoms with Gasteiger partial charge in [-0.3, -0.25) is 10.2 Å². The monoisotopic (exact) mass is 440 g/mol. The molecular weight excluding hydrogens is 420 g/mol. The van der Waals surface area contributed by atoms with E-state index in [2.05, 4.69) is 38.5 Å². The summed E-state index contributed by atoms with van der Waals surface area (Å²) in [5.74, 6) is 0.828. The van der Waals surface area contributed by atoms with Crippen molar-refractivity contribution in [2.24, 2.45) is 0 Å². The van der Waals surface area contributed by atoms with Crippen LogP contribution in [0.1, 0.15) is 11.1 Å². The van der Waals surface area contributed by atoms with Crippen LogP contribution in [-0.4, -0.2) is 49.9 Å². The third kappa shape index (κ3) is 4.46. The zero-order chi connectivity index (χ0) is 22.8. The van der Waals surface area contributed by atoms with Gasteiger partial charge in [-0.2, -0.15) is 10.2 Å². The van der Waals surface area contributed by atoms with Gasteiger partial charge in [-0.05, 0) is 42.0 Å². The SMILES string of the molecule is N#Cc1ccc(OC2CN(Cc3ccc(-c4cccc5nc(NC(=O)O)nn45)cc3)C2)cc1. The summed E-state index contributed by atoms with van der Waals surface area (Å²) >= 11 is 0. The molecule has 5 rings (SSSR count). The molecule has 9 nitrogen and oxygen atoms in total. The molecule has 0 atom stereocenters. The van der Waals surface area contributed by atoms with Gasteiger partial charge in [0.15, 0.2) is 5.65 Å². The van der Waals surface area contributed by atoms with Crippen LogP contribution in [0.4, 0.5) is 10.7 Å². The molecule has 1 amide bonds. The van der Waals surface area contributed by atoms with E-state index in [1.54, 1.807) is 22.7 Å². The van der Waals surface area contributed by atoms with E-state index < -0.39 is 6.09 Å². The quantitative estimate of drug-likeness (QED) is 0.470. The van der Waals surface area contributed by atoms with E-state index >= 15 is 0 Å². The van der Waals surface area contributed by atoms with Crippen LogP contribution in [0.3, 0.4) is 0 Å². The van der Waals surface area contributed by atoms with Gasteiger partial charge in [-0.1, -0.05) is 30.3 Å². The number of nitrogens with one attached hydrogen (secondary N) is 1. The number of rotatable bonds is 6. The van der Waals surface area contributed by atoms with Crippen molar-refractivity contribution in [3.63, 3.8) is 0 Å². The number of likely N-dealkylation sites (tertiary alicyclic amines) is 1. The molecule has 0 aliphatic carbocycles. The molecule has 3 heterocycles. The predicted octanol–water partition coefficient (Wildman–Crippen LogP) is 3.62. The lowest BCUT2D eigenvalue weighted by atomic mass is 10.1. The first-order valence-electron chi connectivity index (χ1n) is 10.4. The molecule has 1 aliphatic rings. The number of hydrogen-bond acceptors (Lipinski definition) is 6. The third-order valence-corrected chi connectivity index (χ3v) is 5.44. The zero-order valence-corrected chi connectivity index (χ0v) is 17.5. The van der Waals surface area contributed by atoms with E-state index in [1.165, 1.54) is 5.56 Å². The molecule has 9 heteroatoms. The second-order valence-corrected chi connectivity index (χ2v) is 7.81. The molecule has 2 aromatic heterocycles. The highest BCUT2D eigenvalue weighted by Crippen LogP contribution is 2.24. The van der Waals surface area contributed by atoms with Crippen molar-refractivity contribution in [1.29, 1.82) is 5.26 Å². The van der Waals surface area contributed by atoms with E-state index in [-0.39, 0.29) is 12.1 Å². The van der Waals surface area contributed by atoms with E-state index in [4.69, 9.17) is 15.1 Å². The van der Waals surface area contributed by atoms with E-state index in [0.29, 0.717) is 11.2 Å². The molecule has 0 unspecified atom stereocenters. The molecule has 2 aromatic carbocycles. The van der Waals surface area contributed by atoms with Crippen molar-refractivity contribution < 1.29 is 14.6 Å². The van der Waals surface area contributed by atoms with Crippen molar-refractivity contribution in [1.82, 2.24) is 19.5 Å². The lowest BCUT2D eigenvalue weighted by Crippen LogP contribution is -2.53. The Morgan fingerprint density at radius 2 is 1.88 bits per heavy atom. The van der Waals surface area contributed by atoms with Gasteiger partial charge in [0.05, 0.1) is 17.3 Å². The molecule has 0 spiro atoms. The molecule has 1 fully saturated rings. The number of carboxylic acid groups (broad SMARTS) is 1. The van der Waals surface area contributed by atoms with Gasteiger partial charge >= 0.3 is 6.09 Å². The first kappa shape index (κ1) is 20.5. The van der Waals surface area contributed by atoms with Crippen molar-refractivity contribution in [2.45, 2.75) is 12.6 Å². The smallest absolute Gasteiger partial charge is 0.411 e. The average Bonchev–Trinajstić information content (AvgIpc) is 3.20. The Morgan fingerprint density at radius 1 is 1.12 bits per heavy atom. The van der Waals surface area contributed by atoms with Gasteiger partial charge in [-0.15, -0.1) is 5.10 Å². The summed E-state index contributed by atoms with van der Waals surface area (Å²) in [7, 11) is 0. The Hall–Kier alpha value is -4.42. The number of pyridine rings is 1. The van der Waals surface area contributed by atoms with Crippen LogP contribution in [0.5, 0.6) is 5.75 Å². The Labute approximate surface area is 189 Å². The first-order chi connectivity index (χ1) is 16.1. The van der Waals surface area contributed by atoms with Gasteiger partial charge in [0.2, 0.25) is 0 Å². The Balaban J connectivity index is 1.21. The number of nitriles is 1. The minimum atomic E-state index is -1.20. The average molecular weight is 440 g/mol. The van der Waals surface area contributed by atoms with Crippen LogP contribution < -0.4 is 10.1 Å². The summed E-state index contributed by atoms with van der Waals surface area (Å²) in [6.07, 6.45) is -1.05. The van der Waals surface area contributed by atoms with Crippen LogP contribution in [-0.2, 0) is 6.54 Å². The number of hydrogen-bond donors (Lipinski definition) is 2. The summed E-state index contributed by atoms with van der Waals surface area (Å²) < 4.78 is 7.58. The molecule has 164 valence electrons. The fourth-order valence-corrected chi connectivity index (χ4v) is 3.84. The van der Waals surface area contributed by atoms with Crippen LogP contribution >= 0.6 is 0 Å². The molecule has 2 N–H and O–H groups in total. The maximum absolute atomic E-state index is 10.9. The second-order valence-electron chi connectivity index (χ2n) is 7.81. The summed E-state index contributed by atoms with van der Waals surface area (Å²) in [5, 5.41) is 24.2. The molecule has 0 radical (unpaired) electrons. The highest BCUT2D eigenvalue weighted by atomic mass is 16.5. The molecule has 0 bridgehead atoms. The Bertz CT molecular complexity index is 1340. The van der Waals surface area contributed by atoms with Gasteiger partial charge < -0.3 is 9.84 Å². The van der Waals surface area contributed by atoms with Gasteiger partial charge in [0.25, 0.3) is 5.95 Å². The number of carbonyl (C=O) groups is 1. The standard InChI is InChI=1S/C24H20N6O3/c25-12-16-6-10-19(11-7-16)33-20-14-29(15-20)13-17-4-8-18(9-5-17)21-2-1-3-22-26-23(27-24(31)32)28-30(21)22/h1-11,20H,13-15H2,(H,27,28)(H,31,32). The predicted molar refractivity (Wildman–Crippen MR) is 121 cm³/mol. The number of aromatic nitrogens is 3. The van der Waals surface area contributed by atoms with Crippen molar-refractivity contribution in [3.8, 4) is 23.1 Å². The highest BCUT2D eigenvalue weighted by molar-refractivity contribution is 5.80. The second kappa shape index (κ2) is 8.61. The van der Waals surface area contributed by atoms with E-state index in [9.17, 15) is 4.79 Å². The normalized spacial score (nSPS) is 13.9. The number of nitrogens with zero attached hydrogens (tertiary/aromatic N) is 5. The number of benzene rings is 2. The Morgan fingerprint density at radius 3 is 2.58 bits per heavy atom. The fraction of sp³-hybridized carbons (Fsp3) is 0.167. The molecule has 33 heavy (non-hydrogen) atoms. The van der Waals surface area contributed by atoms with Crippen molar-refractivity contribution >= 4 is 17.7 Å². The molecular formula is C24H20N6O3. The van der Waals surface area contributed by atoms with Gasteiger partial charge in [0, 0.05) is 25.2 Å². The minimum Gasteiger partial charge on any atom is -0.488 e. The molecule has 4 aromatic rings. The number of amides is 1. The lowest BCUT2D eigenvalue weighted by molar-refractivity contribution is 0.0146. The van der Waals surface area contributed by atoms with Gasteiger partial charge in [0.1, 0.15) is 11.9 Å². The van der Waals surface area contributed by atoms with Crippen LogP contribution in [0.25, 0.3) is 16.9 Å². The summed E-state index contributed by atoms with van der Waals surface area (Å²) in [6, 6.07) is 23.1. The molecule has 1 saturated heterocycles. The zero-order valence-electron chi connectivity index (χ0n) is 17.5. The Kier molecular flexibility index (Phi) is 5.34. The van der Waals surface area contributed by atoms with Gasteiger partial charge in [-0.25, -0.2) is 9.31 Å². The maximum atomic E-state index is 10.9.